The molecule has 2 unspecified atom stereocenters. The monoisotopic (exact) mass is 251 g/mol. The predicted octanol–water partition coefficient (Wildman–Crippen LogP) is 4.25. The van der Waals surface area contributed by atoms with E-state index in [4.69, 9.17) is 0 Å². The Kier molecular flexibility index (Phi) is 6.68. The Morgan fingerprint density at radius 1 is 1.24 bits per heavy atom. The molecule has 2 heteroatoms. The fourth-order valence-corrected chi connectivity index (χ4v) is 2.87. The summed E-state index contributed by atoms with van der Waals surface area (Å²) in [5.74, 6) is 0. The molecule has 0 heterocycles. The Hall–Kier alpha value is -0.470. The van der Waals surface area contributed by atoms with E-state index in [-0.39, 0.29) is 0 Å². The Morgan fingerprint density at radius 3 is 2.59 bits per heavy atom. The summed E-state index contributed by atoms with van der Waals surface area (Å²) >= 11 is 1.97. The molecule has 1 aromatic rings. The van der Waals surface area contributed by atoms with Crippen LogP contribution in [0.15, 0.2) is 29.2 Å². The Morgan fingerprint density at radius 2 is 1.94 bits per heavy atom. The van der Waals surface area contributed by atoms with Gasteiger partial charge in [0.15, 0.2) is 0 Å². The molecule has 17 heavy (non-hydrogen) atoms. The van der Waals surface area contributed by atoms with Gasteiger partial charge < -0.3 is 5.32 Å². The van der Waals surface area contributed by atoms with Crippen molar-refractivity contribution in [2.24, 2.45) is 0 Å². The quantitative estimate of drug-likeness (QED) is 0.727. The maximum atomic E-state index is 3.60. The van der Waals surface area contributed by atoms with Crippen molar-refractivity contribution in [1.82, 2.24) is 5.32 Å². The number of thioether (sulfide) groups is 1. The summed E-state index contributed by atoms with van der Waals surface area (Å²) in [6.07, 6.45) is 2.52. The molecule has 0 spiro atoms. The van der Waals surface area contributed by atoms with Crippen LogP contribution in [0, 0.1) is 6.92 Å². The lowest BCUT2D eigenvalue weighted by molar-refractivity contribution is 0.511. The van der Waals surface area contributed by atoms with Gasteiger partial charge in [0.05, 0.1) is 0 Å². The van der Waals surface area contributed by atoms with Crippen LogP contribution < -0.4 is 5.32 Å². The van der Waals surface area contributed by atoms with E-state index >= 15 is 0 Å². The Balaban J connectivity index is 2.34. The van der Waals surface area contributed by atoms with Gasteiger partial charge in [-0.05, 0) is 31.9 Å². The van der Waals surface area contributed by atoms with Crippen molar-refractivity contribution in [2.45, 2.75) is 56.7 Å². The van der Waals surface area contributed by atoms with Crippen LogP contribution in [0.1, 0.15) is 39.2 Å². The summed E-state index contributed by atoms with van der Waals surface area (Å²) in [7, 11) is 0. The van der Waals surface area contributed by atoms with Crippen molar-refractivity contribution >= 4 is 11.8 Å². The zero-order valence-electron chi connectivity index (χ0n) is 11.5. The molecule has 0 aliphatic rings. The van der Waals surface area contributed by atoms with Crippen molar-refractivity contribution in [1.29, 1.82) is 0 Å². The van der Waals surface area contributed by atoms with Crippen LogP contribution in [0.4, 0.5) is 0 Å². The van der Waals surface area contributed by atoms with E-state index in [0.717, 1.165) is 6.54 Å². The van der Waals surface area contributed by atoms with Crippen molar-refractivity contribution < 1.29 is 0 Å². The normalized spacial score (nSPS) is 14.6. The van der Waals surface area contributed by atoms with Gasteiger partial charge in [-0.1, -0.05) is 38.5 Å². The molecule has 0 bridgehead atoms. The standard InChI is InChI=1S/C15H25NS/c1-5-8-13(3)16-11-14(4)17-15-10-7-6-9-12(15)2/h6-7,9-10,13-14,16H,5,8,11H2,1-4H3. The Labute approximate surface area is 110 Å². The van der Waals surface area contributed by atoms with Gasteiger partial charge in [-0.15, -0.1) is 11.8 Å². The van der Waals surface area contributed by atoms with Crippen LogP contribution in [0.5, 0.6) is 0 Å². The van der Waals surface area contributed by atoms with E-state index in [1.54, 1.807) is 0 Å². The lowest BCUT2D eigenvalue weighted by Crippen LogP contribution is -2.31. The van der Waals surface area contributed by atoms with E-state index < -0.39 is 0 Å². The highest BCUT2D eigenvalue weighted by Crippen LogP contribution is 2.25. The molecule has 0 aliphatic heterocycles. The number of rotatable bonds is 7. The van der Waals surface area contributed by atoms with Crippen LogP contribution >= 0.6 is 11.8 Å². The maximum Gasteiger partial charge on any atom is 0.0191 e. The molecule has 2 atom stereocenters. The van der Waals surface area contributed by atoms with E-state index in [0.29, 0.717) is 11.3 Å². The molecule has 96 valence electrons. The highest BCUT2D eigenvalue weighted by atomic mass is 32.2. The third kappa shape index (κ3) is 5.60. The first-order chi connectivity index (χ1) is 8.13. The zero-order chi connectivity index (χ0) is 12.7. The largest absolute Gasteiger partial charge is 0.313 e. The highest BCUT2D eigenvalue weighted by molar-refractivity contribution is 8.00. The third-order valence-electron chi connectivity index (χ3n) is 2.90. The molecule has 0 fully saturated rings. The summed E-state index contributed by atoms with van der Waals surface area (Å²) in [6.45, 7) is 10.1. The van der Waals surface area contributed by atoms with Crippen molar-refractivity contribution in [3.8, 4) is 0 Å². The van der Waals surface area contributed by atoms with E-state index in [2.05, 4.69) is 57.3 Å². The van der Waals surface area contributed by atoms with Gasteiger partial charge >= 0.3 is 0 Å². The molecule has 0 aliphatic carbocycles. The van der Waals surface area contributed by atoms with Crippen LogP contribution in [0.2, 0.25) is 0 Å². The van der Waals surface area contributed by atoms with Gasteiger partial charge in [-0.3, -0.25) is 0 Å². The SMILES string of the molecule is CCCC(C)NCC(C)Sc1ccccc1C. The number of aryl methyl sites for hydroxylation is 1. The first-order valence-electron chi connectivity index (χ1n) is 6.59. The number of nitrogens with one attached hydrogen (secondary N) is 1. The van der Waals surface area contributed by atoms with E-state index in [1.807, 2.05) is 11.8 Å². The summed E-state index contributed by atoms with van der Waals surface area (Å²) < 4.78 is 0. The van der Waals surface area contributed by atoms with Gasteiger partial charge in [-0.2, -0.15) is 0 Å². The van der Waals surface area contributed by atoms with Crippen LogP contribution in [0.25, 0.3) is 0 Å². The summed E-state index contributed by atoms with van der Waals surface area (Å²) in [5, 5.41) is 4.22. The average Bonchev–Trinajstić information content (AvgIpc) is 2.30. The molecule has 0 saturated heterocycles. The van der Waals surface area contributed by atoms with E-state index in [1.165, 1.54) is 23.3 Å². The van der Waals surface area contributed by atoms with Gasteiger partial charge in [0.2, 0.25) is 0 Å². The fraction of sp³-hybridized carbons (Fsp3) is 0.600. The first kappa shape index (κ1) is 14.6. The second kappa shape index (κ2) is 7.78. The number of benzene rings is 1. The van der Waals surface area contributed by atoms with Crippen molar-refractivity contribution in [3.63, 3.8) is 0 Å². The lowest BCUT2D eigenvalue weighted by Gasteiger charge is -2.17. The summed E-state index contributed by atoms with van der Waals surface area (Å²) in [6, 6.07) is 9.26. The Bertz CT molecular complexity index is 324. The second-order valence-electron chi connectivity index (χ2n) is 4.79. The molecular weight excluding hydrogens is 226 g/mol. The molecule has 0 aromatic heterocycles. The second-order valence-corrected chi connectivity index (χ2v) is 6.27. The molecule has 0 radical (unpaired) electrons. The number of hydrogen-bond donors (Lipinski definition) is 1. The molecule has 1 rings (SSSR count). The maximum absolute atomic E-state index is 3.60. The minimum Gasteiger partial charge on any atom is -0.313 e. The minimum atomic E-state index is 0.621. The average molecular weight is 251 g/mol. The van der Waals surface area contributed by atoms with Crippen molar-refractivity contribution in [3.05, 3.63) is 29.8 Å². The molecular formula is C15H25NS. The van der Waals surface area contributed by atoms with Gasteiger partial charge in [-0.25, -0.2) is 0 Å². The molecule has 1 aromatic carbocycles. The highest BCUT2D eigenvalue weighted by Gasteiger charge is 2.07. The fourth-order valence-electron chi connectivity index (χ4n) is 1.85. The van der Waals surface area contributed by atoms with Gasteiger partial charge in [0.1, 0.15) is 0 Å². The summed E-state index contributed by atoms with van der Waals surface area (Å²) in [4.78, 5) is 1.41. The smallest absolute Gasteiger partial charge is 0.0191 e. The predicted molar refractivity (Wildman–Crippen MR) is 78.9 cm³/mol. The molecule has 0 amide bonds. The first-order valence-corrected chi connectivity index (χ1v) is 7.47. The van der Waals surface area contributed by atoms with Gasteiger partial charge in [0, 0.05) is 22.7 Å². The van der Waals surface area contributed by atoms with Crippen LogP contribution in [-0.2, 0) is 0 Å². The van der Waals surface area contributed by atoms with Crippen LogP contribution in [-0.4, -0.2) is 17.8 Å². The lowest BCUT2D eigenvalue weighted by atomic mass is 10.2. The van der Waals surface area contributed by atoms with Gasteiger partial charge in [0.25, 0.3) is 0 Å². The number of hydrogen-bond acceptors (Lipinski definition) is 2. The molecule has 1 nitrogen and oxygen atoms in total. The summed E-state index contributed by atoms with van der Waals surface area (Å²) in [5.41, 5.74) is 1.38. The third-order valence-corrected chi connectivity index (χ3v) is 4.18. The molecule has 0 saturated carbocycles. The van der Waals surface area contributed by atoms with E-state index in [9.17, 15) is 0 Å². The van der Waals surface area contributed by atoms with Crippen molar-refractivity contribution in [2.75, 3.05) is 6.54 Å². The van der Waals surface area contributed by atoms with Crippen LogP contribution in [0.3, 0.4) is 0 Å². The topological polar surface area (TPSA) is 12.0 Å². The molecule has 1 N–H and O–H groups in total. The minimum absolute atomic E-state index is 0.621. The zero-order valence-corrected chi connectivity index (χ0v) is 12.3.